The van der Waals surface area contributed by atoms with Gasteiger partial charge in [-0.05, 0) is 33.1 Å². The fraction of sp³-hybridized carbons (Fsp3) is 0.933. The lowest BCUT2D eigenvalue weighted by molar-refractivity contribution is -0.123. The van der Waals surface area contributed by atoms with Crippen molar-refractivity contribution in [3.05, 3.63) is 0 Å². The normalized spacial score (nSPS) is 11.6. The van der Waals surface area contributed by atoms with Crippen LogP contribution in [-0.4, -0.2) is 60.9 Å². The van der Waals surface area contributed by atoms with Crippen molar-refractivity contribution < 1.29 is 14.6 Å². The van der Waals surface area contributed by atoms with Crippen LogP contribution < -0.4 is 5.32 Å². The number of nitrogens with zero attached hydrogens (tertiary/aromatic N) is 1. The van der Waals surface area contributed by atoms with Gasteiger partial charge in [-0.25, -0.2) is 0 Å². The van der Waals surface area contributed by atoms with Gasteiger partial charge in [0.15, 0.2) is 0 Å². The summed E-state index contributed by atoms with van der Waals surface area (Å²) in [7, 11) is 0. The number of rotatable bonds is 12. The lowest BCUT2D eigenvalue weighted by atomic mass is 10.1. The first-order valence-corrected chi connectivity index (χ1v) is 7.78. The van der Waals surface area contributed by atoms with Gasteiger partial charge in [-0.3, -0.25) is 9.69 Å². The third-order valence-corrected chi connectivity index (χ3v) is 3.29. The van der Waals surface area contributed by atoms with E-state index in [2.05, 4.69) is 24.1 Å². The topological polar surface area (TPSA) is 61.8 Å². The Morgan fingerprint density at radius 3 is 2.45 bits per heavy atom. The molecule has 0 heterocycles. The van der Waals surface area contributed by atoms with Gasteiger partial charge >= 0.3 is 0 Å². The SMILES string of the molecule is CCC(CC)N(CCO)CC(=O)NCCCOC(C)C. The van der Waals surface area contributed by atoms with Crippen molar-refractivity contribution in [3.63, 3.8) is 0 Å². The highest BCUT2D eigenvalue weighted by Gasteiger charge is 2.17. The van der Waals surface area contributed by atoms with Gasteiger partial charge in [0.2, 0.25) is 5.91 Å². The maximum Gasteiger partial charge on any atom is 0.234 e. The molecule has 0 aliphatic heterocycles. The molecule has 0 atom stereocenters. The van der Waals surface area contributed by atoms with E-state index in [0.717, 1.165) is 19.3 Å². The predicted octanol–water partition coefficient (Wildman–Crippen LogP) is 1.40. The monoisotopic (exact) mass is 288 g/mol. The van der Waals surface area contributed by atoms with Crippen molar-refractivity contribution in [3.8, 4) is 0 Å². The average Bonchev–Trinajstić information content (AvgIpc) is 2.39. The molecule has 0 rings (SSSR count). The van der Waals surface area contributed by atoms with E-state index in [4.69, 9.17) is 9.84 Å². The Bertz CT molecular complexity index is 243. The minimum Gasteiger partial charge on any atom is -0.395 e. The Morgan fingerprint density at radius 2 is 1.95 bits per heavy atom. The number of amides is 1. The Morgan fingerprint density at radius 1 is 1.30 bits per heavy atom. The van der Waals surface area contributed by atoms with Gasteiger partial charge in [-0.15, -0.1) is 0 Å². The maximum absolute atomic E-state index is 11.9. The van der Waals surface area contributed by atoms with Gasteiger partial charge in [0, 0.05) is 25.7 Å². The molecule has 0 saturated carbocycles. The molecule has 0 saturated heterocycles. The summed E-state index contributed by atoms with van der Waals surface area (Å²) in [6.45, 7) is 10.5. The van der Waals surface area contributed by atoms with E-state index in [9.17, 15) is 4.79 Å². The van der Waals surface area contributed by atoms with E-state index in [-0.39, 0.29) is 18.6 Å². The van der Waals surface area contributed by atoms with E-state index in [1.54, 1.807) is 0 Å². The molecule has 0 aromatic carbocycles. The molecule has 0 aliphatic rings. The molecular weight excluding hydrogens is 256 g/mol. The van der Waals surface area contributed by atoms with Crippen molar-refractivity contribution >= 4 is 5.91 Å². The summed E-state index contributed by atoms with van der Waals surface area (Å²) in [6, 6.07) is 0.358. The highest BCUT2D eigenvalue weighted by molar-refractivity contribution is 5.78. The fourth-order valence-electron chi connectivity index (χ4n) is 2.18. The van der Waals surface area contributed by atoms with Crippen LogP contribution in [0.25, 0.3) is 0 Å². The molecule has 5 heteroatoms. The van der Waals surface area contributed by atoms with Crippen molar-refractivity contribution in [2.24, 2.45) is 0 Å². The molecule has 120 valence electrons. The van der Waals surface area contributed by atoms with Crippen LogP contribution in [0.1, 0.15) is 47.0 Å². The first kappa shape index (κ1) is 19.4. The number of hydrogen-bond acceptors (Lipinski definition) is 4. The second kappa shape index (κ2) is 12.1. The molecule has 5 nitrogen and oxygen atoms in total. The number of carbonyl (C=O) groups is 1. The molecular formula is C15H32N2O3. The van der Waals surface area contributed by atoms with E-state index >= 15 is 0 Å². The van der Waals surface area contributed by atoms with Crippen LogP contribution in [-0.2, 0) is 9.53 Å². The minimum absolute atomic E-state index is 0.0231. The zero-order chi connectivity index (χ0) is 15.4. The zero-order valence-electron chi connectivity index (χ0n) is 13.5. The van der Waals surface area contributed by atoms with Gasteiger partial charge < -0.3 is 15.2 Å². The molecule has 0 fully saturated rings. The lowest BCUT2D eigenvalue weighted by Crippen LogP contribution is -2.44. The number of ether oxygens (including phenoxy) is 1. The fourth-order valence-corrected chi connectivity index (χ4v) is 2.18. The van der Waals surface area contributed by atoms with E-state index in [1.165, 1.54) is 0 Å². The molecule has 1 amide bonds. The summed E-state index contributed by atoms with van der Waals surface area (Å²) in [6.07, 6.45) is 3.05. The molecule has 0 aromatic rings. The van der Waals surface area contributed by atoms with Gasteiger partial charge in [0.05, 0.1) is 19.3 Å². The summed E-state index contributed by atoms with van der Waals surface area (Å²) in [5, 5.41) is 12.0. The highest BCUT2D eigenvalue weighted by atomic mass is 16.5. The summed E-state index contributed by atoms with van der Waals surface area (Å²) in [4.78, 5) is 13.9. The Kier molecular flexibility index (Phi) is 11.7. The standard InChI is InChI=1S/C15H32N2O3/c1-5-14(6-2)17(9-10-18)12-15(19)16-8-7-11-20-13(3)4/h13-14,18H,5-12H2,1-4H3,(H,16,19). The van der Waals surface area contributed by atoms with E-state index < -0.39 is 0 Å². The molecule has 0 unspecified atom stereocenters. The van der Waals surface area contributed by atoms with Crippen molar-refractivity contribution in [2.75, 3.05) is 32.8 Å². The molecule has 0 radical (unpaired) electrons. The smallest absolute Gasteiger partial charge is 0.234 e. The van der Waals surface area contributed by atoms with Crippen LogP contribution in [0.4, 0.5) is 0 Å². The second-order valence-corrected chi connectivity index (χ2v) is 5.29. The third-order valence-electron chi connectivity index (χ3n) is 3.29. The quantitative estimate of drug-likeness (QED) is 0.533. The summed E-state index contributed by atoms with van der Waals surface area (Å²) in [5.74, 6) is 0.0231. The van der Waals surface area contributed by atoms with Crippen LogP contribution in [0.2, 0.25) is 0 Å². The summed E-state index contributed by atoms with van der Waals surface area (Å²) in [5.41, 5.74) is 0. The van der Waals surface area contributed by atoms with Crippen LogP contribution in [0.15, 0.2) is 0 Å². The predicted molar refractivity (Wildman–Crippen MR) is 81.7 cm³/mol. The van der Waals surface area contributed by atoms with Crippen LogP contribution in [0.3, 0.4) is 0 Å². The Hall–Kier alpha value is -0.650. The zero-order valence-corrected chi connectivity index (χ0v) is 13.5. The van der Waals surface area contributed by atoms with Crippen molar-refractivity contribution in [1.29, 1.82) is 0 Å². The maximum atomic E-state index is 11.9. The summed E-state index contributed by atoms with van der Waals surface area (Å²) < 4.78 is 5.42. The largest absolute Gasteiger partial charge is 0.395 e. The highest BCUT2D eigenvalue weighted by Crippen LogP contribution is 2.07. The number of hydrogen-bond donors (Lipinski definition) is 2. The van der Waals surface area contributed by atoms with Crippen LogP contribution in [0.5, 0.6) is 0 Å². The van der Waals surface area contributed by atoms with Crippen molar-refractivity contribution in [2.45, 2.75) is 59.1 Å². The number of aliphatic hydroxyl groups excluding tert-OH is 1. The molecule has 0 spiro atoms. The minimum atomic E-state index is 0.0231. The van der Waals surface area contributed by atoms with Gasteiger partial charge in [-0.1, -0.05) is 13.8 Å². The van der Waals surface area contributed by atoms with E-state index in [0.29, 0.717) is 32.3 Å². The molecule has 0 aromatic heterocycles. The Balaban J connectivity index is 3.94. The van der Waals surface area contributed by atoms with Crippen molar-refractivity contribution in [1.82, 2.24) is 10.2 Å². The lowest BCUT2D eigenvalue weighted by Gasteiger charge is -2.29. The number of carbonyl (C=O) groups excluding carboxylic acids is 1. The molecule has 20 heavy (non-hydrogen) atoms. The molecule has 0 bridgehead atoms. The second-order valence-electron chi connectivity index (χ2n) is 5.29. The van der Waals surface area contributed by atoms with E-state index in [1.807, 2.05) is 13.8 Å². The first-order chi connectivity index (χ1) is 9.54. The van der Waals surface area contributed by atoms with Gasteiger partial charge in [0.1, 0.15) is 0 Å². The Labute approximate surface area is 123 Å². The van der Waals surface area contributed by atoms with Gasteiger partial charge in [-0.2, -0.15) is 0 Å². The molecule has 2 N–H and O–H groups in total. The first-order valence-electron chi connectivity index (χ1n) is 7.78. The molecule has 0 aliphatic carbocycles. The summed E-state index contributed by atoms with van der Waals surface area (Å²) >= 11 is 0. The average molecular weight is 288 g/mol. The number of aliphatic hydroxyl groups is 1. The number of nitrogens with one attached hydrogen (secondary N) is 1. The third kappa shape index (κ3) is 9.28. The van der Waals surface area contributed by atoms with Crippen LogP contribution >= 0.6 is 0 Å². The van der Waals surface area contributed by atoms with Gasteiger partial charge in [0.25, 0.3) is 0 Å². The van der Waals surface area contributed by atoms with Crippen LogP contribution in [0, 0.1) is 0 Å².